The van der Waals surface area contributed by atoms with Crippen LogP contribution in [0.15, 0.2) is 57.8 Å². The van der Waals surface area contributed by atoms with Crippen LogP contribution >= 0.6 is 0 Å². The number of imidazole rings is 1. The molecule has 1 aliphatic heterocycles. The maximum atomic E-state index is 14.6. The maximum Gasteiger partial charge on any atom is 0.326 e. The third-order valence-corrected chi connectivity index (χ3v) is 16.5. The third-order valence-electron chi connectivity index (χ3n) is 16.5. The molecular weight excluding hydrogens is 1380 g/mol. The van der Waals surface area contributed by atoms with Gasteiger partial charge in [-0.3, -0.25) is 77.3 Å². The van der Waals surface area contributed by atoms with E-state index in [0.29, 0.717) is 17.7 Å². The van der Waals surface area contributed by atoms with Crippen LogP contribution in [0, 0.1) is 17.8 Å². The van der Waals surface area contributed by atoms with Crippen molar-refractivity contribution in [3.05, 3.63) is 54.1 Å². The lowest BCUT2D eigenvalue weighted by Crippen LogP contribution is -2.61. The summed E-state index contributed by atoms with van der Waals surface area (Å²) >= 11 is 0. The zero-order chi connectivity index (χ0) is 79.3. The number of carboxylic acid groups (broad SMARTS) is 2. The van der Waals surface area contributed by atoms with E-state index in [9.17, 15) is 77.3 Å². The number of likely N-dealkylation sites (tertiary alicyclic amines) is 1. The second kappa shape index (κ2) is 45.8. The first-order valence-electron chi connectivity index (χ1n) is 34.9. The number of benzene rings is 1. The van der Waals surface area contributed by atoms with Crippen LogP contribution in [-0.2, 0) is 80.0 Å². The number of carbonyl (C=O) groups is 14. The molecule has 40 heteroatoms. The Morgan fingerprint density at radius 1 is 0.538 bits per heavy atom. The van der Waals surface area contributed by atoms with E-state index in [1.54, 1.807) is 58.0 Å². The van der Waals surface area contributed by atoms with Gasteiger partial charge in [-0.15, -0.1) is 0 Å². The first kappa shape index (κ1) is 89.0. The Morgan fingerprint density at radius 2 is 1.00 bits per heavy atom. The fourth-order valence-corrected chi connectivity index (χ4v) is 11.1. The molecule has 106 heavy (non-hydrogen) atoms. The predicted molar refractivity (Wildman–Crippen MR) is 387 cm³/mol. The molecule has 1 aromatic heterocycles. The SMILES string of the molecule is CC(C)C[C@H](NC(=O)[C@H](CC(=O)O)NC(=O)[C@H](Cc1ccccc1)NC(=O)[C@@H](NC(=O)[C@H](CCCN=C(N)N)NC(=O)[C@H](CCC(N)=O)NC(=O)[C@@H]1CCCN1C(=O)CNC(=O)[C@H](CCCN=C(N)N)NC(=O)[C@H](CC(C)C)NC(=O)[C@@H](N)CCCN=C(N)N)C(C)C)C(=O)N[C@@H](Cc1cnc[nH]1)C(=O)O. The molecule has 29 N–H and O–H groups in total. The molecule has 12 amide bonds. The lowest BCUT2D eigenvalue weighted by Gasteiger charge is -2.29. The number of guanidine groups is 3. The van der Waals surface area contributed by atoms with Gasteiger partial charge in [-0.05, 0) is 93.9 Å². The molecule has 40 nitrogen and oxygen atoms in total. The summed E-state index contributed by atoms with van der Waals surface area (Å²) in [4.78, 5) is 212. The smallest absolute Gasteiger partial charge is 0.326 e. The molecule has 1 saturated heterocycles. The number of amides is 12. The van der Waals surface area contributed by atoms with Crippen molar-refractivity contribution in [3.8, 4) is 0 Å². The fourth-order valence-electron chi connectivity index (χ4n) is 11.1. The summed E-state index contributed by atoms with van der Waals surface area (Å²) < 4.78 is 0. The molecule has 0 aliphatic carbocycles. The van der Waals surface area contributed by atoms with E-state index in [1.165, 1.54) is 12.5 Å². The summed E-state index contributed by atoms with van der Waals surface area (Å²) in [6, 6.07) is -7.67. The molecule has 0 radical (unpaired) electrons. The van der Waals surface area contributed by atoms with E-state index in [4.69, 9.17) is 45.9 Å². The average molecular weight is 1490 g/mol. The van der Waals surface area contributed by atoms with Crippen LogP contribution in [0.1, 0.15) is 136 Å². The van der Waals surface area contributed by atoms with Gasteiger partial charge in [0, 0.05) is 57.3 Å². The van der Waals surface area contributed by atoms with Gasteiger partial charge in [-0.2, -0.15) is 0 Å². The molecule has 588 valence electrons. The normalized spacial score (nSPS) is 15.3. The standard InChI is InChI=1S/C66H108N24O16/c1-34(2)26-43(84-53(95)39(67)16-10-22-76-64(69)70)57(99)81-40(17-11-23-77-65(71)72)54(96)79-32-50(92)90-25-13-19-48(90)61(103)83-42(20-21-49(68)91)55(97)82-41(18-12-24-78-66(73)74)56(98)89-52(36(5)6)62(104)87-45(28-37-14-8-7-9-15-37)59(101)86-46(30-51(93)94)60(102)85-44(27-35(3)4)58(100)88-47(63(105)106)29-38-31-75-33-80-38/h7-9,14-15,31,33-36,39-48,52H,10-13,16-30,32,67H2,1-6H3,(H2,68,91)(H,75,80)(H,79,96)(H,81,99)(H,82,97)(H,83,103)(H,84,95)(H,85,102)(H,86,101)(H,87,104)(H,88,100)(H,89,98)(H,93,94)(H,105,106)(H4,69,70,76)(H4,71,72,77)(H4,73,74,78)/t39-,40-,41-,42-,43-,44-,45-,46-,47-,48-,52-/m0/s1. The van der Waals surface area contributed by atoms with Gasteiger partial charge in [-0.1, -0.05) is 71.9 Å². The van der Waals surface area contributed by atoms with E-state index < -0.39 is 181 Å². The summed E-state index contributed by atoms with van der Waals surface area (Å²) in [6.45, 7) is 9.64. The topological polar surface area (TPSA) is 677 Å². The number of aliphatic imine (C=N–C) groups is 3. The van der Waals surface area contributed by atoms with Gasteiger partial charge in [0.15, 0.2) is 17.9 Å². The highest BCUT2D eigenvalue weighted by molar-refractivity contribution is 6.00. The Morgan fingerprint density at radius 3 is 1.50 bits per heavy atom. The van der Waals surface area contributed by atoms with Gasteiger partial charge in [-0.25, -0.2) is 9.78 Å². The second-order valence-corrected chi connectivity index (χ2v) is 26.8. The number of hydrogen-bond donors (Lipinski definition) is 21. The minimum Gasteiger partial charge on any atom is -0.481 e. The molecule has 2 aromatic rings. The summed E-state index contributed by atoms with van der Waals surface area (Å²) in [5.74, 6) is -15.7. The van der Waals surface area contributed by atoms with Gasteiger partial charge < -0.3 is 119 Å². The Bertz CT molecular complexity index is 3380. The van der Waals surface area contributed by atoms with Crippen molar-refractivity contribution in [2.45, 2.75) is 204 Å². The molecule has 0 bridgehead atoms. The number of nitrogens with two attached hydrogens (primary N) is 8. The number of carbonyl (C=O) groups excluding carboxylic acids is 12. The highest BCUT2D eigenvalue weighted by Crippen LogP contribution is 2.19. The van der Waals surface area contributed by atoms with Gasteiger partial charge in [0.2, 0.25) is 70.9 Å². The largest absolute Gasteiger partial charge is 0.481 e. The fraction of sp³-hybridized carbons (Fsp3) is 0.606. The van der Waals surface area contributed by atoms with E-state index >= 15 is 0 Å². The molecule has 0 saturated carbocycles. The number of aromatic nitrogens is 2. The van der Waals surface area contributed by atoms with Crippen molar-refractivity contribution < 1.29 is 77.3 Å². The molecule has 0 unspecified atom stereocenters. The highest BCUT2D eigenvalue weighted by Gasteiger charge is 2.40. The number of rotatable bonds is 48. The Labute approximate surface area is 613 Å². The predicted octanol–water partition coefficient (Wildman–Crippen LogP) is -6.27. The minimum atomic E-state index is -1.89. The summed E-state index contributed by atoms with van der Waals surface area (Å²) in [5, 5.41) is 45.4. The first-order valence-corrected chi connectivity index (χ1v) is 34.9. The summed E-state index contributed by atoms with van der Waals surface area (Å²) in [7, 11) is 0. The minimum absolute atomic E-state index is 0.00770. The van der Waals surface area contributed by atoms with E-state index in [-0.39, 0.29) is 127 Å². The van der Waals surface area contributed by atoms with Gasteiger partial charge in [0.25, 0.3) is 0 Å². The Balaban J connectivity index is 1.89. The van der Waals surface area contributed by atoms with Crippen LogP contribution in [0.2, 0.25) is 0 Å². The molecule has 3 rings (SSSR count). The number of aromatic amines is 1. The molecule has 1 fully saturated rings. The quantitative estimate of drug-likeness (QED) is 0.0166. The van der Waals surface area contributed by atoms with Crippen LogP contribution in [0.4, 0.5) is 0 Å². The van der Waals surface area contributed by atoms with Gasteiger partial charge in [0.1, 0.15) is 60.4 Å². The van der Waals surface area contributed by atoms with E-state index in [1.807, 2.05) is 13.8 Å². The average Bonchev–Trinajstić information content (AvgIpc) is 1.53. The van der Waals surface area contributed by atoms with Crippen molar-refractivity contribution in [3.63, 3.8) is 0 Å². The number of aliphatic carboxylic acids is 2. The van der Waals surface area contributed by atoms with Crippen molar-refractivity contribution in [2.24, 2.45) is 78.6 Å². The van der Waals surface area contributed by atoms with Gasteiger partial charge in [0.05, 0.1) is 25.3 Å². The number of nitrogens with zero attached hydrogens (tertiary/aromatic N) is 5. The van der Waals surface area contributed by atoms with Gasteiger partial charge >= 0.3 is 11.9 Å². The zero-order valence-electron chi connectivity index (χ0n) is 60.7. The van der Waals surface area contributed by atoms with Crippen LogP contribution in [-0.4, -0.2) is 225 Å². The lowest BCUT2D eigenvalue weighted by atomic mass is 9.99. The van der Waals surface area contributed by atoms with E-state index in [2.05, 4.69) is 78.1 Å². The highest BCUT2D eigenvalue weighted by atomic mass is 16.4. The summed E-state index contributed by atoms with van der Waals surface area (Å²) in [5.41, 5.74) is 45.4. The second-order valence-electron chi connectivity index (χ2n) is 26.8. The molecular formula is C66H108N24O16. The van der Waals surface area contributed by atoms with Crippen molar-refractivity contribution in [1.29, 1.82) is 0 Å². The third kappa shape index (κ3) is 33.5. The van der Waals surface area contributed by atoms with E-state index in [0.717, 1.165) is 4.90 Å². The molecule has 1 aliphatic rings. The molecule has 1 aromatic carbocycles. The van der Waals surface area contributed by atoms with Crippen LogP contribution in [0.25, 0.3) is 0 Å². The Hall–Kier alpha value is -11.2. The van der Waals surface area contributed by atoms with Crippen LogP contribution < -0.4 is 99.0 Å². The maximum absolute atomic E-state index is 14.6. The van der Waals surface area contributed by atoms with Crippen molar-refractivity contribution in [1.82, 2.24) is 68.0 Å². The number of primary amides is 1. The molecule has 2 heterocycles. The monoisotopic (exact) mass is 1490 g/mol. The molecule has 11 atom stereocenters. The number of nitrogens with one attached hydrogen (secondary N) is 11. The number of H-pyrrole nitrogens is 1. The van der Waals surface area contributed by atoms with Crippen LogP contribution in [0.5, 0.6) is 0 Å². The van der Waals surface area contributed by atoms with Crippen molar-refractivity contribution in [2.75, 3.05) is 32.7 Å². The zero-order valence-corrected chi connectivity index (χ0v) is 60.7. The van der Waals surface area contributed by atoms with Crippen LogP contribution in [0.3, 0.4) is 0 Å². The summed E-state index contributed by atoms with van der Waals surface area (Å²) in [6.07, 6.45) is 1.13. The molecule has 0 spiro atoms. The lowest BCUT2D eigenvalue weighted by molar-refractivity contribution is -0.143. The van der Waals surface area contributed by atoms with Crippen molar-refractivity contribution >= 4 is 101 Å². The number of hydrogen-bond acceptors (Lipinski definition) is 19. The Kier molecular flexibility index (Phi) is 38.4. The number of carboxylic acids is 2. The first-order chi connectivity index (χ1) is 50.0.